The van der Waals surface area contributed by atoms with Crippen LogP contribution in [-0.4, -0.2) is 0 Å². The summed E-state index contributed by atoms with van der Waals surface area (Å²) in [5, 5.41) is 0. The van der Waals surface area contributed by atoms with E-state index in [1.54, 1.807) is 0 Å². The molecule has 204 valence electrons. The number of rotatable bonds is 2. The molecule has 0 fully saturated rings. The van der Waals surface area contributed by atoms with E-state index in [1.165, 1.54) is 77.9 Å². The summed E-state index contributed by atoms with van der Waals surface area (Å²) in [6, 6.07) is 37.2. The average Bonchev–Trinajstić information content (AvgIpc) is 3.31. The number of aryl methyl sites for hydroxylation is 1. The Morgan fingerprint density at radius 3 is 1.61 bits per heavy atom. The molecule has 0 saturated heterocycles. The number of fused-ring (bicyclic) bond motifs is 6. The molecule has 0 N–H and O–H groups in total. The van der Waals surface area contributed by atoms with E-state index >= 15 is 0 Å². The zero-order chi connectivity index (χ0) is 28.9. The van der Waals surface area contributed by atoms with Crippen molar-refractivity contribution in [3.63, 3.8) is 0 Å². The summed E-state index contributed by atoms with van der Waals surface area (Å²) in [5.74, 6) is 0. The van der Waals surface area contributed by atoms with Gasteiger partial charge in [0.05, 0.1) is 0 Å². The molecule has 7 rings (SSSR count). The molecule has 5 aromatic carbocycles. The standard InChI is InChI=1S/C41H40/c1-25-21-34-30-11-9-10-12-35(30)40(5,6)38(34)24-33(25)28-16-20-32-31-19-15-27(22-36(31)41(7,8)37(32)23-28)26-13-17-29(18-14-26)39(2,3)4/h9-24H,1-8H3. The predicted molar refractivity (Wildman–Crippen MR) is 176 cm³/mol. The van der Waals surface area contributed by atoms with Crippen LogP contribution >= 0.6 is 0 Å². The van der Waals surface area contributed by atoms with Gasteiger partial charge in [-0.3, -0.25) is 0 Å². The van der Waals surface area contributed by atoms with Crippen LogP contribution in [0.2, 0.25) is 0 Å². The van der Waals surface area contributed by atoms with E-state index in [4.69, 9.17) is 0 Å². The lowest BCUT2D eigenvalue weighted by molar-refractivity contribution is 0.590. The van der Waals surface area contributed by atoms with Crippen molar-refractivity contribution >= 4 is 0 Å². The first-order valence-electron chi connectivity index (χ1n) is 15.0. The zero-order valence-electron chi connectivity index (χ0n) is 25.7. The Hall–Kier alpha value is -3.90. The maximum Gasteiger partial charge on any atom is 0.0159 e. The lowest BCUT2D eigenvalue weighted by Gasteiger charge is -2.24. The minimum absolute atomic E-state index is 0.00208. The summed E-state index contributed by atoms with van der Waals surface area (Å²) in [7, 11) is 0. The van der Waals surface area contributed by atoms with Gasteiger partial charge in [0.1, 0.15) is 0 Å². The van der Waals surface area contributed by atoms with Gasteiger partial charge in [0.15, 0.2) is 0 Å². The third kappa shape index (κ3) is 3.80. The van der Waals surface area contributed by atoms with Crippen LogP contribution in [0.3, 0.4) is 0 Å². The molecular weight excluding hydrogens is 492 g/mol. The Bertz CT molecular complexity index is 1850. The van der Waals surface area contributed by atoms with Gasteiger partial charge in [-0.15, -0.1) is 0 Å². The molecule has 2 aliphatic carbocycles. The van der Waals surface area contributed by atoms with E-state index < -0.39 is 0 Å². The second-order valence-electron chi connectivity index (χ2n) is 14.4. The first kappa shape index (κ1) is 26.0. The predicted octanol–water partition coefficient (Wildman–Crippen LogP) is 11.2. The first-order valence-corrected chi connectivity index (χ1v) is 15.0. The van der Waals surface area contributed by atoms with Crippen molar-refractivity contribution in [1.29, 1.82) is 0 Å². The molecule has 0 saturated carbocycles. The largest absolute Gasteiger partial charge is 0.0619 e. The van der Waals surface area contributed by atoms with E-state index in [0.29, 0.717) is 0 Å². The first-order chi connectivity index (χ1) is 19.4. The topological polar surface area (TPSA) is 0 Å². The quantitative estimate of drug-likeness (QED) is 0.212. The molecule has 0 amide bonds. The van der Waals surface area contributed by atoms with Gasteiger partial charge in [-0.2, -0.15) is 0 Å². The zero-order valence-corrected chi connectivity index (χ0v) is 25.7. The van der Waals surface area contributed by atoms with Gasteiger partial charge in [0, 0.05) is 10.8 Å². The molecule has 0 aliphatic heterocycles. The summed E-state index contributed by atoms with van der Waals surface area (Å²) < 4.78 is 0. The highest BCUT2D eigenvalue weighted by atomic mass is 14.4. The van der Waals surface area contributed by atoms with Crippen LogP contribution < -0.4 is 0 Å². The molecule has 0 unspecified atom stereocenters. The van der Waals surface area contributed by atoms with Gasteiger partial charge in [-0.05, 0) is 108 Å². The van der Waals surface area contributed by atoms with Gasteiger partial charge in [-0.25, -0.2) is 0 Å². The van der Waals surface area contributed by atoms with Crippen LogP contribution in [0.4, 0.5) is 0 Å². The molecule has 0 nitrogen and oxygen atoms in total. The second-order valence-corrected chi connectivity index (χ2v) is 14.4. The number of benzene rings is 5. The van der Waals surface area contributed by atoms with Gasteiger partial charge >= 0.3 is 0 Å². The highest BCUT2D eigenvalue weighted by Crippen LogP contribution is 2.53. The van der Waals surface area contributed by atoms with E-state index in [9.17, 15) is 0 Å². The minimum Gasteiger partial charge on any atom is -0.0619 e. The minimum atomic E-state index is -0.0673. The molecule has 0 spiro atoms. The maximum atomic E-state index is 2.47. The molecule has 0 atom stereocenters. The molecule has 0 bridgehead atoms. The van der Waals surface area contributed by atoms with Gasteiger partial charge in [-0.1, -0.05) is 127 Å². The van der Waals surface area contributed by atoms with Gasteiger partial charge in [0.25, 0.3) is 0 Å². The van der Waals surface area contributed by atoms with Crippen LogP contribution in [-0.2, 0) is 16.2 Å². The van der Waals surface area contributed by atoms with Crippen LogP contribution in [0.5, 0.6) is 0 Å². The van der Waals surface area contributed by atoms with Crippen molar-refractivity contribution in [3.05, 3.63) is 130 Å². The number of hydrogen-bond donors (Lipinski definition) is 0. The molecule has 41 heavy (non-hydrogen) atoms. The van der Waals surface area contributed by atoms with Crippen molar-refractivity contribution in [1.82, 2.24) is 0 Å². The van der Waals surface area contributed by atoms with E-state index in [2.05, 4.69) is 152 Å². The molecule has 0 heterocycles. The lowest BCUT2D eigenvalue weighted by atomic mass is 9.79. The van der Waals surface area contributed by atoms with Crippen molar-refractivity contribution in [3.8, 4) is 44.5 Å². The van der Waals surface area contributed by atoms with Gasteiger partial charge in [0.2, 0.25) is 0 Å². The summed E-state index contributed by atoms with van der Waals surface area (Å²) >= 11 is 0. The van der Waals surface area contributed by atoms with E-state index in [1.807, 2.05) is 0 Å². The Labute approximate surface area is 246 Å². The molecule has 5 aromatic rings. The third-order valence-corrected chi connectivity index (χ3v) is 10.00. The Balaban J connectivity index is 1.29. The number of hydrogen-bond acceptors (Lipinski definition) is 0. The third-order valence-electron chi connectivity index (χ3n) is 10.00. The Morgan fingerprint density at radius 1 is 0.439 bits per heavy atom. The van der Waals surface area contributed by atoms with Crippen LogP contribution in [0.15, 0.2) is 97.1 Å². The second kappa shape index (κ2) is 8.56. The summed E-state index contributed by atoms with van der Waals surface area (Å²) in [4.78, 5) is 0. The highest BCUT2D eigenvalue weighted by Gasteiger charge is 2.38. The van der Waals surface area contributed by atoms with Crippen molar-refractivity contribution < 1.29 is 0 Å². The Morgan fingerprint density at radius 2 is 0.951 bits per heavy atom. The fraction of sp³-hybridized carbons (Fsp3) is 0.268. The van der Waals surface area contributed by atoms with Crippen LogP contribution in [0.1, 0.15) is 81.8 Å². The molecule has 0 aromatic heterocycles. The molecular formula is C41H40. The van der Waals surface area contributed by atoms with Gasteiger partial charge < -0.3 is 0 Å². The fourth-order valence-corrected chi connectivity index (χ4v) is 7.41. The SMILES string of the molecule is Cc1cc2c(cc1-c1ccc3c(c1)C(C)(C)c1cc(-c4ccc(C(C)(C)C)cc4)ccc1-3)C(C)(C)c1ccccc1-2. The van der Waals surface area contributed by atoms with Crippen molar-refractivity contribution in [2.24, 2.45) is 0 Å². The van der Waals surface area contributed by atoms with E-state index in [-0.39, 0.29) is 16.2 Å². The van der Waals surface area contributed by atoms with Crippen molar-refractivity contribution in [2.75, 3.05) is 0 Å². The van der Waals surface area contributed by atoms with Crippen LogP contribution in [0, 0.1) is 6.92 Å². The molecule has 0 radical (unpaired) electrons. The summed E-state index contributed by atoms with van der Waals surface area (Å²) in [6.07, 6.45) is 0. The Kier molecular flexibility index (Phi) is 5.43. The lowest BCUT2D eigenvalue weighted by Crippen LogP contribution is -2.15. The fourth-order valence-electron chi connectivity index (χ4n) is 7.41. The summed E-state index contributed by atoms with van der Waals surface area (Å²) in [5.41, 5.74) is 19.3. The average molecular weight is 533 g/mol. The van der Waals surface area contributed by atoms with Crippen LogP contribution in [0.25, 0.3) is 44.5 Å². The molecule has 0 heteroatoms. The monoisotopic (exact) mass is 532 g/mol. The molecule has 2 aliphatic rings. The smallest absolute Gasteiger partial charge is 0.0159 e. The maximum absolute atomic E-state index is 2.47. The summed E-state index contributed by atoms with van der Waals surface area (Å²) in [6.45, 7) is 18.6. The van der Waals surface area contributed by atoms with E-state index in [0.717, 1.165) is 0 Å². The normalized spacial score (nSPS) is 15.7. The highest BCUT2D eigenvalue weighted by molar-refractivity contribution is 5.88. The van der Waals surface area contributed by atoms with Crippen molar-refractivity contribution in [2.45, 2.75) is 71.6 Å².